The third-order valence-corrected chi connectivity index (χ3v) is 29.8. The molecule has 0 aliphatic rings. The number of nitrogens with two attached hydrogens (primary N) is 9. The summed E-state index contributed by atoms with van der Waals surface area (Å²) < 4.78 is 63.9. The van der Waals surface area contributed by atoms with Crippen molar-refractivity contribution in [1.82, 2.24) is 120 Å². The minimum absolute atomic E-state index is 0. The first-order valence-corrected chi connectivity index (χ1v) is 51.3. The number of aryl methyl sites for hydroxylation is 7. The lowest BCUT2D eigenvalue weighted by Crippen LogP contribution is -2.12. The highest BCUT2D eigenvalue weighted by Gasteiger charge is 2.34. The van der Waals surface area contributed by atoms with Crippen LogP contribution in [0.4, 0.5) is 81.6 Å². The molecule has 146 heavy (non-hydrogen) atoms. The molecule has 16 aromatic heterocycles. The standard InChI is InChI=1S/C12H14ClN5S.C11H11ClN4OS.C11H9F3N4S.C10H9Cl2N5S.C10H8ClFN4S.C10H10ClN5S.C9H8ClN5S.C8H11IN2.C7H8INO.CH4/c1-7-6-16-12(10(14)17-7)19-8-4-5-15-11(9(8)13)18(2)3;1-6-5-15-11(9(13)16-6)18-7-3-4-14-10(17-2)8(7)12;1-6-4-17-10(9(15)18-6)19-8-2-3-16-5-7(8)11(12,13)14;1-4-3-15-10(9(14)16-4)18-5-2-6(13)17-8(12)7(5)11;2*1-5-3-15-10(9(13)16-5)17-7-2-8(12)14-4-6(7)11;1-5-4-12-9(8(11)14-5)16-6-2-3-13-15-7(6)10;1-6-7(9)4-5-10-8(6)11(2)3;1-5-6(8)3-4-9-7(5)10-2;/h4-6H,1-3H3,(H2,14,17);3-5H,1-2H3,(H2,13,16);2-5H,1H3,(H2,15,18);2-3H,1H3,(H2,13,17)(H2,14,16);2-4H,1H3,(H2,13,16);2-4H,1H3,(H2,12,14)(H2,13,16);2-4H,1H3,(H2,11,14);4-5H,1-3H3;3-4H,1-2H3;1H4. The van der Waals surface area contributed by atoms with Crippen molar-refractivity contribution in [2.75, 3.05) is 104 Å². The van der Waals surface area contributed by atoms with Gasteiger partial charge in [-0.05, 0) is 156 Å². The number of alkyl halides is 3. The van der Waals surface area contributed by atoms with Gasteiger partial charge >= 0.3 is 6.18 Å². The predicted molar refractivity (Wildman–Crippen MR) is 595 cm³/mol. The molecule has 16 aromatic rings. The molecule has 0 fully saturated rings. The number of hydrogen-bond acceptors (Lipinski definition) is 44. The van der Waals surface area contributed by atoms with E-state index >= 15 is 0 Å². The van der Waals surface area contributed by atoms with Crippen LogP contribution in [0.5, 0.6) is 11.8 Å². The minimum atomic E-state index is -4.47. The summed E-state index contributed by atoms with van der Waals surface area (Å²) in [5.41, 5.74) is 58.2. The Morgan fingerprint density at radius 2 is 0.664 bits per heavy atom. The van der Waals surface area contributed by atoms with Gasteiger partial charge in [0.15, 0.2) is 51.0 Å². The maximum atomic E-state index is 13.0. The number of aromatic nitrogens is 24. The van der Waals surface area contributed by atoms with Crippen LogP contribution in [0.2, 0.25) is 35.4 Å². The molecule has 0 spiro atoms. The maximum Gasteiger partial charge on any atom is 0.418 e. The number of nitrogen functional groups attached to an aromatic ring is 9. The molecule has 18 N–H and O–H groups in total. The average molecular weight is 2490 g/mol. The second-order valence-corrected chi connectivity index (χ2v) is 41.0. The Balaban J connectivity index is 0.000000224. The molecule has 0 amide bonds. The van der Waals surface area contributed by atoms with E-state index in [1.807, 2.05) is 104 Å². The lowest BCUT2D eigenvalue weighted by molar-refractivity contribution is -0.140. The van der Waals surface area contributed by atoms with Gasteiger partial charge in [0.05, 0.1) is 90.8 Å². The molecule has 0 aliphatic carbocycles. The number of pyridine rings is 8. The summed E-state index contributed by atoms with van der Waals surface area (Å²) in [4.78, 5) is 97.2. The molecule has 0 saturated heterocycles. The van der Waals surface area contributed by atoms with Crippen molar-refractivity contribution >= 4 is 273 Å². The van der Waals surface area contributed by atoms with Gasteiger partial charge in [-0.1, -0.05) is 171 Å². The average Bonchev–Trinajstić information content (AvgIpc) is 0.815. The van der Waals surface area contributed by atoms with Crippen LogP contribution < -0.4 is 70.9 Å². The van der Waals surface area contributed by atoms with Crippen LogP contribution in [0.15, 0.2) is 223 Å². The first kappa shape index (κ1) is 122. The fourth-order valence-corrected chi connectivity index (χ4v) is 18.5. The van der Waals surface area contributed by atoms with Crippen LogP contribution in [0.3, 0.4) is 0 Å². The highest BCUT2D eigenvalue weighted by molar-refractivity contribution is 14.1. The Morgan fingerprint density at radius 3 is 1.06 bits per heavy atom. The lowest BCUT2D eigenvalue weighted by atomic mass is 10.3. The van der Waals surface area contributed by atoms with Gasteiger partial charge < -0.3 is 70.9 Å². The van der Waals surface area contributed by atoms with Crippen LogP contribution in [-0.4, -0.2) is 162 Å². The lowest BCUT2D eigenvalue weighted by Gasteiger charge is -2.14. The molecule has 37 nitrogen and oxygen atoms in total. The van der Waals surface area contributed by atoms with Gasteiger partial charge in [-0.3, -0.25) is 4.98 Å². The van der Waals surface area contributed by atoms with Crippen molar-refractivity contribution in [3.63, 3.8) is 0 Å². The van der Waals surface area contributed by atoms with Gasteiger partial charge in [0.2, 0.25) is 17.7 Å². The van der Waals surface area contributed by atoms with Crippen LogP contribution in [0.25, 0.3) is 0 Å². The smallest absolute Gasteiger partial charge is 0.418 e. The van der Waals surface area contributed by atoms with Crippen molar-refractivity contribution < 1.29 is 27.0 Å². The Labute approximate surface area is 930 Å². The van der Waals surface area contributed by atoms with Crippen molar-refractivity contribution in [3.05, 3.63) is 259 Å². The summed E-state index contributed by atoms with van der Waals surface area (Å²) in [6.45, 7) is 16.7. The van der Waals surface area contributed by atoms with Gasteiger partial charge in [0.25, 0.3) is 0 Å². The van der Waals surface area contributed by atoms with E-state index in [4.69, 9.17) is 142 Å². The highest BCUT2D eigenvalue weighted by atomic mass is 127. The van der Waals surface area contributed by atoms with Crippen LogP contribution in [0, 0.1) is 75.4 Å². The van der Waals surface area contributed by atoms with Gasteiger partial charge in [-0.2, -0.15) is 22.7 Å². The van der Waals surface area contributed by atoms with E-state index in [-0.39, 0.29) is 34.1 Å². The third-order valence-electron chi connectivity index (χ3n) is 17.0. The quantitative estimate of drug-likeness (QED) is 0.0219. The largest absolute Gasteiger partial charge is 0.481 e. The molecule has 0 radical (unpaired) electrons. The number of methoxy groups -OCH3 is 2. The molecule has 16 heterocycles. The fraction of sp³-hybridized carbons (Fsp3) is 0.191. The van der Waals surface area contributed by atoms with Gasteiger partial charge in [0, 0.05) is 175 Å². The number of nitrogens with zero attached hydrogens (tertiary/aromatic N) is 26. The first-order chi connectivity index (χ1) is 68.6. The zero-order valence-corrected chi connectivity index (χ0v) is 94.2. The van der Waals surface area contributed by atoms with Gasteiger partial charge in [0.1, 0.15) is 63.5 Å². The molecule has 0 aliphatic heterocycles. The van der Waals surface area contributed by atoms with E-state index in [2.05, 4.69) is 172 Å². The van der Waals surface area contributed by atoms with Crippen molar-refractivity contribution in [2.24, 2.45) is 0 Å². The van der Waals surface area contributed by atoms with E-state index < -0.39 is 17.7 Å². The molecule has 0 atom stereocenters. The molecular weight excluding hydrogens is 2390 g/mol. The van der Waals surface area contributed by atoms with E-state index in [0.29, 0.717) is 134 Å². The molecule has 0 bridgehead atoms. The highest BCUT2D eigenvalue weighted by Crippen LogP contribution is 2.45. The topological polar surface area (TPSA) is 568 Å². The van der Waals surface area contributed by atoms with Gasteiger partial charge in [-0.15, -0.1) is 5.10 Å². The molecule has 0 unspecified atom stereocenters. The van der Waals surface area contributed by atoms with E-state index in [9.17, 15) is 17.6 Å². The number of hydrogen-bond donors (Lipinski definition) is 9. The predicted octanol–water partition coefficient (Wildman–Crippen LogP) is 22.5. The summed E-state index contributed by atoms with van der Waals surface area (Å²) in [6.07, 6.45) is 20.1. The number of ether oxygens (including phenoxy) is 2. The second kappa shape index (κ2) is 59.2. The van der Waals surface area contributed by atoms with E-state index in [1.165, 1.54) is 116 Å². The monoisotopic (exact) mass is 2480 g/mol. The van der Waals surface area contributed by atoms with Crippen LogP contribution in [-0.2, 0) is 6.18 Å². The Kier molecular flexibility index (Phi) is 49.4. The second-order valence-electron chi connectivity index (χ2n) is 28.8. The Bertz CT molecular complexity index is 7040. The number of rotatable bonds is 18. The summed E-state index contributed by atoms with van der Waals surface area (Å²) in [5, 5.41) is 13.8. The minimum Gasteiger partial charge on any atom is -0.481 e. The summed E-state index contributed by atoms with van der Waals surface area (Å²) in [6, 6.07) is 15.1. The maximum absolute atomic E-state index is 13.0. The number of halogens is 13. The Hall–Kier alpha value is -11.1. The summed E-state index contributed by atoms with van der Waals surface area (Å²) in [5.74, 6) is 5.22. The zero-order chi connectivity index (χ0) is 107. The molecule has 0 saturated carbocycles. The van der Waals surface area contributed by atoms with Crippen molar-refractivity contribution in [1.29, 1.82) is 0 Å². The fourth-order valence-electron chi connectivity index (χ4n) is 10.4. The van der Waals surface area contributed by atoms with Crippen molar-refractivity contribution in [2.45, 2.75) is 145 Å². The third kappa shape index (κ3) is 38.2. The van der Waals surface area contributed by atoms with Crippen molar-refractivity contribution in [3.8, 4) is 11.8 Å². The zero-order valence-electron chi connectivity index (χ0n) is 78.8. The molecule has 0 aromatic carbocycles. The summed E-state index contributed by atoms with van der Waals surface area (Å²) >= 11 is 55.2. The van der Waals surface area contributed by atoms with E-state index in [0.717, 1.165) is 94.8 Å². The summed E-state index contributed by atoms with van der Waals surface area (Å²) in [7, 11) is 10.9. The van der Waals surface area contributed by atoms with Crippen LogP contribution >= 0.6 is 209 Å². The molecule has 16 rings (SSSR count). The van der Waals surface area contributed by atoms with Crippen LogP contribution in [0.1, 0.15) is 64.0 Å². The van der Waals surface area contributed by atoms with E-state index in [1.54, 1.807) is 107 Å². The normalized spacial score (nSPS) is 10.4. The number of anilines is 11. The molecule has 768 valence electrons. The SMILES string of the molecule is C.COc1nccc(I)c1C.COc1nccc(Sc2ncc(C)nc2N)c1Cl.Cc1c(I)ccnc1N(C)C.Cc1cnc(Sc2cc(F)ncc2Cl)c(N)n1.Cc1cnc(Sc2cc(N)nc(Cl)c2Cl)c(N)n1.Cc1cnc(Sc2cc(N)ncc2Cl)c(N)n1.Cc1cnc(Sc2ccnc(N(C)C)c2Cl)c(N)n1.Cc1cnc(Sc2ccncc2C(F)(F)F)c(N)n1.Cc1cnc(Sc2ccnnc2Cl)c(N)n1. The molecule has 57 heteroatoms. The van der Waals surface area contributed by atoms with Gasteiger partial charge in [-0.25, -0.2) is 105 Å². The molecular formula is C89H92Cl7F4I2N35O2S7. The first-order valence-electron chi connectivity index (χ1n) is 40.8. The Morgan fingerprint density at radius 1 is 0.329 bits per heavy atom.